The number of hydrogen-bond acceptors (Lipinski definition) is 4. The Balaban J connectivity index is 2.27. The monoisotopic (exact) mass is 325 g/mol. The zero-order valence-corrected chi connectivity index (χ0v) is 12.7. The summed E-state index contributed by atoms with van der Waals surface area (Å²) in [5.41, 5.74) is 1.58. The lowest BCUT2D eigenvalue weighted by molar-refractivity contribution is 0.101. The topological polar surface area (TPSA) is 43.1 Å². The number of Topliss-reactive ketones (excluding diaryl/α,β-unsaturated/α-hetero) is 1. The highest BCUT2D eigenvalue weighted by Gasteiger charge is 2.11. The third-order valence-electron chi connectivity index (χ3n) is 2.54. The maximum absolute atomic E-state index is 11.3. The van der Waals surface area contributed by atoms with E-state index in [9.17, 15) is 4.79 Å². The first-order valence-corrected chi connectivity index (χ1v) is 7.00. The van der Waals surface area contributed by atoms with E-state index in [2.05, 4.69) is 20.9 Å². The van der Waals surface area contributed by atoms with Gasteiger partial charge in [0.15, 0.2) is 5.78 Å². The van der Waals surface area contributed by atoms with Crippen LogP contribution in [0.15, 0.2) is 37.2 Å². The van der Waals surface area contributed by atoms with E-state index >= 15 is 0 Å². The van der Waals surface area contributed by atoms with Crippen LogP contribution >= 0.6 is 27.7 Å². The zero-order valence-electron chi connectivity index (χ0n) is 10.3. The van der Waals surface area contributed by atoms with Crippen molar-refractivity contribution in [3.05, 3.63) is 39.7 Å². The molecule has 1 aromatic carbocycles. The highest BCUT2D eigenvalue weighted by atomic mass is 79.9. The summed E-state index contributed by atoms with van der Waals surface area (Å²) < 4.78 is 6.38. The molecule has 1 heterocycles. The van der Waals surface area contributed by atoms with Crippen molar-refractivity contribution in [2.75, 3.05) is 0 Å². The molecule has 94 valence electrons. The lowest BCUT2D eigenvalue weighted by atomic mass is 10.2. The fourth-order valence-electron chi connectivity index (χ4n) is 1.38. The molecular formula is C13H12BrNO2S. The number of oxazole rings is 1. The maximum Gasteiger partial charge on any atom is 0.261 e. The molecule has 0 bridgehead atoms. The van der Waals surface area contributed by atoms with E-state index < -0.39 is 0 Å². The molecule has 0 saturated heterocycles. The normalized spacial score (nSPS) is 10.7. The van der Waals surface area contributed by atoms with Gasteiger partial charge in [0.2, 0.25) is 0 Å². The summed E-state index contributed by atoms with van der Waals surface area (Å²) in [6, 6.07) is 5.51. The Bertz CT molecular complexity index is 588. The first-order chi connectivity index (χ1) is 8.47. The molecule has 0 saturated carbocycles. The summed E-state index contributed by atoms with van der Waals surface area (Å²) in [6.07, 6.45) is 0. The third kappa shape index (κ3) is 2.84. The number of benzene rings is 1. The van der Waals surface area contributed by atoms with Crippen molar-refractivity contribution in [1.29, 1.82) is 0 Å². The molecule has 0 fully saturated rings. The van der Waals surface area contributed by atoms with Crippen LogP contribution in [0.3, 0.4) is 0 Å². The van der Waals surface area contributed by atoms with Gasteiger partial charge in [0.05, 0.1) is 5.69 Å². The Morgan fingerprint density at radius 2 is 2.11 bits per heavy atom. The van der Waals surface area contributed by atoms with E-state index in [0.717, 1.165) is 20.8 Å². The van der Waals surface area contributed by atoms with Crippen LogP contribution in [0.5, 0.6) is 0 Å². The molecule has 2 aromatic rings. The molecular weight excluding hydrogens is 314 g/mol. The minimum Gasteiger partial charge on any atom is -0.436 e. The van der Waals surface area contributed by atoms with Crippen LogP contribution in [0.4, 0.5) is 0 Å². The van der Waals surface area contributed by atoms with Gasteiger partial charge in [0.1, 0.15) is 5.76 Å². The van der Waals surface area contributed by atoms with E-state index in [1.165, 1.54) is 11.8 Å². The van der Waals surface area contributed by atoms with Crippen molar-refractivity contribution < 1.29 is 9.21 Å². The Morgan fingerprint density at radius 3 is 2.61 bits per heavy atom. The molecule has 0 aliphatic carbocycles. The molecule has 0 spiro atoms. The van der Waals surface area contributed by atoms with Gasteiger partial charge in [-0.15, -0.1) is 0 Å². The second kappa shape index (κ2) is 5.28. The first-order valence-electron chi connectivity index (χ1n) is 5.39. The van der Waals surface area contributed by atoms with Crippen molar-refractivity contribution in [1.82, 2.24) is 4.98 Å². The number of carbonyl (C=O) groups excluding carboxylic acids is 1. The van der Waals surface area contributed by atoms with Crippen molar-refractivity contribution in [2.24, 2.45) is 0 Å². The molecule has 18 heavy (non-hydrogen) atoms. The van der Waals surface area contributed by atoms with Crippen molar-refractivity contribution >= 4 is 33.5 Å². The Hall–Kier alpha value is -1.07. The molecule has 0 atom stereocenters. The predicted octanol–water partition coefficient (Wildman–Crippen LogP) is 4.41. The van der Waals surface area contributed by atoms with Crippen LogP contribution in [0.25, 0.3) is 0 Å². The minimum atomic E-state index is 0.0510. The number of ketones is 1. The van der Waals surface area contributed by atoms with Crippen LogP contribution < -0.4 is 0 Å². The summed E-state index contributed by atoms with van der Waals surface area (Å²) in [5, 5.41) is 0.612. The first kappa shape index (κ1) is 13.4. The smallest absolute Gasteiger partial charge is 0.261 e. The van der Waals surface area contributed by atoms with Crippen LogP contribution in [-0.4, -0.2) is 10.8 Å². The van der Waals surface area contributed by atoms with Gasteiger partial charge in [-0.3, -0.25) is 4.79 Å². The van der Waals surface area contributed by atoms with E-state index in [-0.39, 0.29) is 5.78 Å². The number of halogens is 1. The number of aryl methyl sites for hydroxylation is 2. The van der Waals surface area contributed by atoms with Gasteiger partial charge >= 0.3 is 0 Å². The number of aromatic nitrogens is 1. The Morgan fingerprint density at radius 1 is 1.39 bits per heavy atom. The van der Waals surface area contributed by atoms with Crippen LogP contribution in [0.1, 0.15) is 28.7 Å². The molecule has 0 N–H and O–H groups in total. The van der Waals surface area contributed by atoms with Gasteiger partial charge in [-0.05, 0) is 60.6 Å². The predicted molar refractivity (Wildman–Crippen MR) is 74.2 cm³/mol. The van der Waals surface area contributed by atoms with E-state index in [4.69, 9.17) is 4.42 Å². The molecule has 0 aliphatic heterocycles. The van der Waals surface area contributed by atoms with E-state index in [0.29, 0.717) is 10.8 Å². The van der Waals surface area contributed by atoms with Gasteiger partial charge in [-0.25, -0.2) is 4.98 Å². The lowest BCUT2D eigenvalue weighted by Crippen LogP contribution is -1.91. The maximum atomic E-state index is 11.3. The van der Waals surface area contributed by atoms with Gasteiger partial charge in [0.25, 0.3) is 5.22 Å². The van der Waals surface area contributed by atoms with Gasteiger partial charge in [-0.2, -0.15) is 0 Å². The van der Waals surface area contributed by atoms with Crippen LogP contribution in [0, 0.1) is 13.8 Å². The van der Waals surface area contributed by atoms with Crippen LogP contribution in [0.2, 0.25) is 0 Å². The van der Waals surface area contributed by atoms with Crippen molar-refractivity contribution in [3.8, 4) is 0 Å². The standard InChI is InChI=1S/C13H12BrNO2S/c1-7-9(3)17-13(15-7)18-12-5-4-10(8(2)16)6-11(12)14/h4-6H,1-3H3. The minimum absolute atomic E-state index is 0.0510. The second-order valence-corrected chi connectivity index (χ2v) is 5.77. The highest BCUT2D eigenvalue weighted by Crippen LogP contribution is 2.34. The van der Waals surface area contributed by atoms with Gasteiger partial charge in [-0.1, -0.05) is 6.07 Å². The van der Waals surface area contributed by atoms with Crippen LogP contribution in [-0.2, 0) is 0 Å². The van der Waals surface area contributed by atoms with Gasteiger partial charge < -0.3 is 4.42 Å². The Kier molecular flexibility index (Phi) is 3.92. The Labute approximate surface area is 118 Å². The largest absolute Gasteiger partial charge is 0.436 e. The molecule has 1 aromatic heterocycles. The average Bonchev–Trinajstić information content (AvgIpc) is 2.61. The van der Waals surface area contributed by atoms with Crippen molar-refractivity contribution in [2.45, 2.75) is 30.9 Å². The average molecular weight is 326 g/mol. The van der Waals surface area contributed by atoms with Crippen molar-refractivity contribution in [3.63, 3.8) is 0 Å². The summed E-state index contributed by atoms with van der Waals surface area (Å²) in [6.45, 7) is 5.35. The molecule has 0 unspecified atom stereocenters. The van der Waals surface area contributed by atoms with E-state index in [1.807, 2.05) is 26.0 Å². The summed E-state index contributed by atoms with van der Waals surface area (Å²) in [4.78, 5) is 16.5. The molecule has 3 nitrogen and oxygen atoms in total. The zero-order chi connectivity index (χ0) is 13.3. The summed E-state index contributed by atoms with van der Waals surface area (Å²) >= 11 is 4.89. The SMILES string of the molecule is CC(=O)c1ccc(Sc2nc(C)c(C)o2)c(Br)c1. The quantitative estimate of drug-likeness (QED) is 0.784. The number of carbonyl (C=O) groups is 1. The molecule has 0 amide bonds. The molecule has 0 radical (unpaired) electrons. The number of nitrogens with zero attached hydrogens (tertiary/aromatic N) is 1. The number of rotatable bonds is 3. The number of hydrogen-bond donors (Lipinski definition) is 0. The molecule has 0 aliphatic rings. The fraction of sp³-hybridized carbons (Fsp3) is 0.231. The second-order valence-electron chi connectivity index (χ2n) is 3.92. The lowest BCUT2D eigenvalue weighted by Gasteiger charge is -2.03. The third-order valence-corrected chi connectivity index (χ3v) is 4.39. The van der Waals surface area contributed by atoms with Gasteiger partial charge in [0, 0.05) is 14.9 Å². The summed E-state index contributed by atoms with van der Waals surface area (Å²) in [7, 11) is 0. The summed E-state index contributed by atoms with van der Waals surface area (Å²) in [5.74, 6) is 0.879. The highest BCUT2D eigenvalue weighted by molar-refractivity contribution is 9.10. The molecule has 5 heteroatoms. The fourth-order valence-corrected chi connectivity index (χ4v) is 2.84. The molecule has 2 rings (SSSR count). The van der Waals surface area contributed by atoms with E-state index in [1.54, 1.807) is 13.0 Å².